The van der Waals surface area contributed by atoms with Crippen molar-refractivity contribution in [3.05, 3.63) is 74.1 Å². The van der Waals surface area contributed by atoms with Gasteiger partial charge < -0.3 is 14.0 Å². The molecule has 9 heteroatoms. The Morgan fingerprint density at radius 2 is 2.19 bits per heavy atom. The number of hydrazone groups is 1. The fraction of sp³-hybridized carbons (Fsp3) is 0.222. The number of carbonyl (C=O) groups excluding carboxylic acids is 1. The highest BCUT2D eigenvalue weighted by Crippen LogP contribution is 2.16. The lowest BCUT2D eigenvalue weighted by atomic mass is 10.2. The van der Waals surface area contributed by atoms with Crippen LogP contribution in [0.25, 0.3) is 0 Å². The predicted octanol–water partition coefficient (Wildman–Crippen LogP) is 2.18. The topological polar surface area (TPSA) is 108 Å². The number of rotatable bonds is 6. The number of aromatic nitrogens is 3. The van der Waals surface area contributed by atoms with Gasteiger partial charge in [-0.3, -0.25) is 14.6 Å². The lowest BCUT2D eigenvalue weighted by Gasteiger charge is -2.07. The van der Waals surface area contributed by atoms with Crippen LogP contribution in [0.4, 0.5) is 0 Å². The summed E-state index contributed by atoms with van der Waals surface area (Å²) >= 11 is 4.88. The van der Waals surface area contributed by atoms with E-state index in [4.69, 9.17) is 16.6 Å². The van der Waals surface area contributed by atoms with Crippen LogP contribution in [0.1, 0.15) is 28.4 Å². The third-order valence-corrected chi connectivity index (χ3v) is 4.27. The molecule has 0 radical (unpaired) electrons. The average molecular weight is 385 g/mol. The molecular weight excluding hydrogens is 366 g/mol. The van der Waals surface area contributed by atoms with E-state index in [-0.39, 0.29) is 22.7 Å². The van der Waals surface area contributed by atoms with E-state index in [2.05, 4.69) is 25.1 Å². The van der Waals surface area contributed by atoms with Crippen molar-refractivity contribution in [3.8, 4) is 0 Å². The van der Waals surface area contributed by atoms with Crippen molar-refractivity contribution in [2.24, 2.45) is 5.10 Å². The zero-order valence-corrected chi connectivity index (χ0v) is 15.7. The van der Waals surface area contributed by atoms with Gasteiger partial charge in [0.1, 0.15) is 5.76 Å². The molecule has 0 aliphatic rings. The quantitative estimate of drug-likeness (QED) is 0.343. The molecule has 3 heterocycles. The Morgan fingerprint density at radius 1 is 1.37 bits per heavy atom. The van der Waals surface area contributed by atoms with Gasteiger partial charge in [0.25, 0.3) is 5.56 Å². The summed E-state index contributed by atoms with van der Waals surface area (Å²) in [6.45, 7) is 4.61. The van der Waals surface area contributed by atoms with Crippen LogP contribution in [-0.4, -0.2) is 26.7 Å². The molecule has 0 aliphatic heterocycles. The number of amides is 1. The minimum atomic E-state index is -0.355. The first-order valence-electron chi connectivity index (χ1n) is 8.26. The summed E-state index contributed by atoms with van der Waals surface area (Å²) in [6.07, 6.45) is 3.22. The fourth-order valence-electron chi connectivity index (χ4n) is 2.76. The van der Waals surface area contributed by atoms with E-state index in [1.807, 2.05) is 32.0 Å². The van der Waals surface area contributed by atoms with Crippen LogP contribution in [0, 0.1) is 18.6 Å². The van der Waals surface area contributed by atoms with E-state index in [0.717, 1.165) is 22.7 Å². The Hall–Kier alpha value is -3.20. The largest absolute Gasteiger partial charge is 0.467 e. The lowest BCUT2D eigenvalue weighted by molar-refractivity contribution is -0.120. The third kappa shape index (κ3) is 4.70. The van der Waals surface area contributed by atoms with Crippen LogP contribution < -0.4 is 11.0 Å². The number of aryl methyl sites for hydroxylation is 1. The van der Waals surface area contributed by atoms with Crippen LogP contribution in [0.5, 0.6) is 0 Å². The lowest BCUT2D eigenvalue weighted by Crippen LogP contribution is -2.21. The van der Waals surface area contributed by atoms with Gasteiger partial charge in [0.15, 0.2) is 4.77 Å². The van der Waals surface area contributed by atoms with Crippen LogP contribution in [-0.2, 0) is 17.8 Å². The second-order valence-electron chi connectivity index (χ2n) is 6.07. The van der Waals surface area contributed by atoms with Gasteiger partial charge >= 0.3 is 0 Å². The number of furan rings is 1. The van der Waals surface area contributed by atoms with Crippen LogP contribution >= 0.6 is 12.2 Å². The number of hydrogen-bond acceptors (Lipinski definition) is 5. The van der Waals surface area contributed by atoms with Crippen molar-refractivity contribution in [1.82, 2.24) is 20.0 Å². The molecule has 3 aromatic rings. The van der Waals surface area contributed by atoms with Gasteiger partial charge in [-0.1, -0.05) is 0 Å². The molecule has 8 nitrogen and oxygen atoms in total. The summed E-state index contributed by atoms with van der Waals surface area (Å²) in [6, 6.07) is 7.06. The smallest absolute Gasteiger partial charge is 0.251 e. The van der Waals surface area contributed by atoms with Gasteiger partial charge in [-0.05, 0) is 44.3 Å². The third-order valence-electron chi connectivity index (χ3n) is 4.07. The van der Waals surface area contributed by atoms with E-state index in [1.165, 1.54) is 6.07 Å². The molecule has 3 aromatic heterocycles. The number of nitrogens with zero attached hydrogens (tertiary/aromatic N) is 2. The second-order valence-corrected chi connectivity index (χ2v) is 6.48. The molecule has 0 fully saturated rings. The van der Waals surface area contributed by atoms with Crippen molar-refractivity contribution in [1.29, 1.82) is 0 Å². The highest BCUT2D eigenvalue weighted by atomic mass is 32.1. The average Bonchev–Trinajstić information content (AvgIpc) is 3.18. The summed E-state index contributed by atoms with van der Waals surface area (Å²) < 4.78 is 7.68. The van der Waals surface area contributed by atoms with Gasteiger partial charge in [0, 0.05) is 28.7 Å². The molecule has 3 rings (SSSR count). The standard InChI is InChI=1S/C18H19N5O3S/c1-11-6-13(12(2)23(11)10-15-4-3-5-26-15)9-19-22-17(25)8-14-7-16(24)21-18(27)20-14/h3-7,9H,8,10H2,1-2H3,(H,22,25)(H2,20,21,24,27)/b19-9-. The molecule has 1 amide bonds. The maximum absolute atomic E-state index is 12.0. The zero-order chi connectivity index (χ0) is 19.4. The summed E-state index contributed by atoms with van der Waals surface area (Å²) in [5, 5.41) is 4.01. The van der Waals surface area contributed by atoms with Crippen molar-refractivity contribution in [2.45, 2.75) is 26.8 Å². The first-order valence-corrected chi connectivity index (χ1v) is 8.67. The summed E-state index contributed by atoms with van der Waals surface area (Å²) in [5.41, 5.74) is 5.50. The number of carbonyl (C=O) groups is 1. The first kappa shape index (κ1) is 18.6. The zero-order valence-electron chi connectivity index (χ0n) is 14.9. The van der Waals surface area contributed by atoms with E-state index in [0.29, 0.717) is 12.2 Å². The monoisotopic (exact) mass is 385 g/mol. The van der Waals surface area contributed by atoms with E-state index in [1.54, 1.807) is 12.5 Å². The normalized spacial score (nSPS) is 11.2. The van der Waals surface area contributed by atoms with E-state index < -0.39 is 0 Å². The van der Waals surface area contributed by atoms with E-state index in [9.17, 15) is 9.59 Å². The molecule has 0 unspecified atom stereocenters. The Kier molecular flexibility index (Phi) is 5.51. The number of aromatic amines is 2. The van der Waals surface area contributed by atoms with Crippen LogP contribution in [0.15, 0.2) is 44.8 Å². The van der Waals surface area contributed by atoms with Gasteiger partial charge in [-0.2, -0.15) is 5.10 Å². The van der Waals surface area contributed by atoms with Crippen molar-refractivity contribution in [2.75, 3.05) is 0 Å². The van der Waals surface area contributed by atoms with E-state index >= 15 is 0 Å². The molecule has 0 saturated carbocycles. The number of nitrogens with one attached hydrogen (secondary N) is 3. The Bertz CT molecular complexity index is 1060. The summed E-state index contributed by atoms with van der Waals surface area (Å²) in [5.74, 6) is 0.510. The van der Waals surface area contributed by atoms with Crippen molar-refractivity contribution < 1.29 is 9.21 Å². The molecule has 140 valence electrons. The minimum Gasteiger partial charge on any atom is -0.467 e. The molecule has 0 atom stereocenters. The predicted molar refractivity (Wildman–Crippen MR) is 103 cm³/mol. The highest BCUT2D eigenvalue weighted by molar-refractivity contribution is 7.71. The van der Waals surface area contributed by atoms with Gasteiger partial charge in [-0.25, -0.2) is 5.43 Å². The fourth-order valence-corrected chi connectivity index (χ4v) is 2.99. The molecule has 0 aromatic carbocycles. The Labute approximate surface area is 159 Å². The SMILES string of the molecule is Cc1cc(/C=N\NC(=O)Cc2cc(=O)[nH]c(=S)[nH]2)c(C)n1Cc1ccco1. The van der Waals surface area contributed by atoms with Gasteiger partial charge in [-0.15, -0.1) is 0 Å². The molecule has 27 heavy (non-hydrogen) atoms. The maximum Gasteiger partial charge on any atom is 0.251 e. The van der Waals surface area contributed by atoms with Crippen LogP contribution in [0.2, 0.25) is 0 Å². The molecule has 0 bridgehead atoms. The second kappa shape index (κ2) is 8.00. The number of H-pyrrole nitrogens is 2. The van der Waals surface area contributed by atoms with Gasteiger partial charge in [0.05, 0.1) is 25.4 Å². The molecule has 0 spiro atoms. The Balaban J connectivity index is 1.65. The molecule has 3 N–H and O–H groups in total. The molecule has 0 saturated heterocycles. The number of hydrogen-bond donors (Lipinski definition) is 3. The Morgan fingerprint density at radius 3 is 2.89 bits per heavy atom. The highest BCUT2D eigenvalue weighted by Gasteiger charge is 2.09. The summed E-state index contributed by atoms with van der Waals surface area (Å²) in [7, 11) is 0. The minimum absolute atomic E-state index is 0.0254. The first-order chi connectivity index (χ1) is 12.9. The summed E-state index contributed by atoms with van der Waals surface area (Å²) in [4.78, 5) is 28.5. The molecular formula is C18H19N5O3S. The van der Waals surface area contributed by atoms with Crippen LogP contribution in [0.3, 0.4) is 0 Å². The van der Waals surface area contributed by atoms with Gasteiger partial charge in [0.2, 0.25) is 5.91 Å². The van der Waals surface area contributed by atoms with Crippen molar-refractivity contribution >= 4 is 24.3 Å². The molecule has 0 aliphatic carbocycles. The maximum atomic E-state index is 12.0. The van der Waals surface area contributed by atoms with Crippen molar-refractivity contribution in [3.63, 3.8) is 0 Å².